The Labute approximate surface area is 178 Å². The molecule has 0 aromatic heterocycles. The van der Waals surface area contributed by atoms with Crippen LogP contribution >= 0.6 is 11.6 Å². The van der Waals surface area contributed by atoms with E-state index in [2.05, 4.69) is 10.6 Å². The molecule has 0 radical (unpaired) electrons. The molecule has 30 heavy (non-hydrogen) atoms. The van der Waals surface area contributed by atoms with Crippen molar-refractivity contribution in [3.63, 3.8) is 0 Å². The first-order valence-electron chi connectivity index (χ1n) is 9.13. The summed E-state index contributed by atoms with van der Waals surface area (Å²) >= 11 is 6.10. The van der Waals surface area contributed by atoms with E-state index in [1.807, 2.05) is 0 Å². The monoisotopic (exact) mass is 435 g/mol. The lowest BCUT2D eigenvalue weighted by Crippen LogP contribution is -2.54. The summed E-state index contributed by atoms with van der Waals surface area (Å²) in [5, 5.41) is 5.47. The van der Waals surface area contributed by atoms with Crippen molar-refractivity contribution < 1.29 is 23.5 Å². The van der Waals surface area contributed by atoms with Crippen LogP contribution in [-0.4, -0.2) is 36.9 Å². The molecule has 0 aliphatic heterocycles. The Kier molecular flexibility index (Phi) is 8.17. The van der Waals surface area contributed by atoms with Crippen LogP contribution in [0.1, 0.15) is 18.1 Å². The lowest BCUT2D eigenvalue weighted by molar-refractivity contribution is -0.130. The highest BCUT2D eigenvalue weighted by atomic mass is 35.5. The number of amides is 3. The van der Waals surface area contributed by atoms with Crippen LogP contribution in [0.4, 0.5) is 4.39 Å². The molecule has 0 bridgehead atoms. The highest BCUT2D eigenvalue weighted by molar-refractivity contribution is 6.32. The molecule has 0 aliphatic carbocycles. The van der Waals surface area contributed by atoms with Crippen LogP contribution in [0.5, 0.6) is 5.75 Å². The fourth-order valence-electron chi connectivity index (χ4n) is 2.88. The van der Waals surface area contributed by atoms with E-state index >= 15 is 0 Å². The number of hydrogen-bond donors (Lipinski definition) is 3. The van der Waals surface area contributed by atoms with Gasteiger partial charge in [-0.25, -0.2) is 4.39 Å². The third-order valence-electron chi connectivity index (χ3n) is 4.36. The van der Waals surface area contributed by atoms with E-state index in [0.29, 0.717) is 21.9 Å². The first kappa shape index (κ1) is 23.2. The number of benzene rings is 2. The third kappa shape index (κ3) is 6.73. The van der Waals surface area contributed by atoms with Crippen molar-refractivity contribution in [3.05, 3.63) is 64.4 Å². The number of carbonyl (C=O) groups excluding carboxylic acids is 3. The predicted molar refractivity (Wildman–Crippen MR) is 111 cm³/mol. The largest absolute Gasteiger partial charge is 0.495 e. The zero-order chi connectivity index (χ0) is 22.3. The van der Waals surface area contributed by atoms with Crippen LogP contribution in [-0.2, 0) is 27.2 Å². The second-order valence-corrected chi connectivity index (χ2v) is 7.13. The van der Waals surface area contributed by atoms with Crippen LogP contribution < -0.4 is 21.1 Å². The minimum absolute atomic E-state index is 0.105. The van der Waals surface area contributed by atoms with Gasteiger partial charge in [0.15, 0.2) is 0 Å². The predicted octanol–water partition coefficient (Wildman–Crippen LogP) is 1.75. The second kappa shape index (κ2) is 10.6. The lowest BCUT2D eigenvalue weighted by atomic mass is 10.0. The average molecular weight is 436 g/mol. The number of ether oxygens (including phenoxy) is 1. The quantitative estimate of drug-likeness (QED) is 0.557. The van der Waals surface area contributed by atoms with Gasteiger partial charge in [0.1, 0.15) is 23.7 Å². The van der Waals surface area contributed by atoms with Crippen molar-refractivity contribution in [1.29, 1.82) is 0 Å². The van der Waals surface area contributed by atoms with E-state index < -0.39 is 35.6 Å². The summed E-state index contributed by atoms with van der Waals surface area (Å²) in [6.07, 6.45) is 0.222. The van der Waals surface area contributed by atoms with Crippen LogP contribution in [0.2, 0.25) is 5.02 Å². The summed E-state index contributed by atoms with van der Waals surface area (Å²) in [5.74, 6) is -1.68. The van der Waals surface area contributed by atoms with E-state index in [1.165, 1.54) is 38.3 Å². The minimum Gasteiger partial charge on any atom is -0.495 e. The van der Waals surface area contributed by atoms with Gasteiger partial charge >= 0.3 is 0 Å². The molecule has 0 fully saturated rings. The van der Waals surface area contributed by atoms with Gasteiger partial charge in [0, 0.05) is 19.8 Å². The fraction of sp³-hybridized carbons (Fsp3) is 0.286. The van der Waals surface area contributed by atoms with Gasteiger partial charge in [0.05, 0.1) is 12.1 Å². The van der Waals surface area contributed by atoms with Gasteiger partial charge in [0.2, 0.25) is 17.7 Å². The Morgan fingerprint density at radius 2 is 1.63 bits per heavy atom. The van der Waals surface area contributed by atoms with E-state index in [9.17, 15) is 18.8 Å². The number of halogens is 2. The molecule has 4 N–H and O–H groups in total. The highest BCUT2D eigenvalue weighted by Gasteiger charge is 2.25. The molecular formula is C21H23ClFN3O4. The number of rotatable bonds is 9. The molecule has 3 amide bonds. The first-order chi connectivity index (χ1) is 14.2. The molecular weight excluding hydrogens is 413 g/mol. The van der Waals surface area contributed by atoms with Crippen molar-refractivity contribution >= 4 is 29.3 Å². The van der Waals surface area contributed by atoms with Crippen molar-refractivity contribution in [2.24, 2.45) is 5.73 Å². The van der Waals surface area contributed by atoms with Crippen molar-refractivity contribution in [3.8, 4) is 5.75 Å². The van der Waals surface area contributed by atoms with E-state index in [4.69, 9.17) is 22.1 Å². The van der Waals surface area contributed by atoms with Gasteiger partial charge in [-0.15, -0.1) is 0 Å². The molecule has 7 nitrogen and oxygen atoms in total. The first-order valence-corrected chi connectivity index (χ1v) is 9.51. The molecule has 0 unspecified atom stereocenters. The molecule has 0 aliphatic rings. The van der Waals surface area contributed by atoms with E-state index in [-0.39, 0.29) is 12.8 Å². The molecule has 2 atom stereocenters. The van der Waals surface area contributed by atoms with Crippen LogP contribution in [0.3, 0.4) is 0 Å². The summed E-state index contributed by atoms with van der Waals surface area (Å²) in [6.45, 7) is 1.27. The van der Waals surface area contributed by atoms with Gasteiger partial charge in [-0.05, 0) is 35.4 Å². The van der Waals surface area contributed by atoms with E-state index in [0.717, 1.165) is 0 Å². The number of nitrogens with one attached hydrogen (secondary N) is 2. The zero-order valence-electron chi connectivity index (χ0n) is 16.6. The fourth-order valence-corrected chi connectivity index (χ4v) is 3.16. The van der Waals surface area contributed by atoms with Gasteiger partial charge in [-0.1, -0.05) is 29.8 Å². The molecule has 2 aromatic rings. The molecule has 0 saturated heterocycles. The highest BCUT2D eigenvalue weighted by Crippen LogP contribution is 2.25. The van der Waals surface area contributed by atoms with Gasteiger partial charge in [-0.3, -0.25) is 14.4 Å². The Morgan fingerprint density at radius 1 is 1.03 bits per heavy atom. The normalized spacial score (nSPS) is 12.5. The number of primary amides is 1. The number of methoxy groups -OCH3 is 1. The Morgan fingerprint density at radius 3 is 2.17 bits per heavy atom. The number of carbonyl (C=O) groups is 3. The van der Waals surface area contributed by atoms with Crippen LogP contribution in [0.25, 0.3) is 0 Å². The van der Waals surface area contributed by atoms with Crippen LogP contribution in [0.15, 0.2) is 42.5 Å². The summed E-state index contributed by atoms with van der Waals surface area (Å²) in [5.41, 5.74) is 6.76. The number of hydrogen-bond acceptors (Lipinski definition) is 4. The maximum absolute atomic E-state index is 13.1. The Bertz CT molecular complexity index is 921. The average Bonchev–Trinajstić information content (AvgIpc) is 2.68. The van der Waals surface area contributed by atoms with Gasteiger partial charge in [0.25, 0.3) is 0 Å². The molecule has 0 heterocycles. The SMILES string of the molecule is COc1ccc(C[C@H](NC(=O)[C@@H](Cc2ccc(F)cc2)NC(C)=O)C(N)=O)cc1Cl. The third-order valence-corrected chi connectivity index (χ3v) is 4.66. The summed E-state index contributed by atoms with van der Waals surface area (Å²) in [7, 11) is 1.48. The number of nitrogens with two attached hydrogens (primary N) is 1. The Balaban J connectivity index is 2.14. The zero-order valence-corrected chi connectivity index (χ0v) is 17.3. The topological polar surface area (TPSA) is 111 Å². The van der Waals surface area contributed by atoms with Gasteiger partial charge < -0.3 is 21.1 Å². The summed E-state index contributed by atoms with van der Waals surface area (Å²) < 4.78 is 18.2. The van der Waals surface area contributed by atoms with Gasteiger partial charge in [-0.2, -0.15) is 0 Å². The Hall–Kier alpha value is -3.13. The molecule has 0 saturated carbocycles. The molecule has 2 rings (SSSR count). The molecule has 9 heteroatoms. The second-order valence-electron chi connectivity index (χ2n) is 6.72. The van der Waals surface area contributed by atoms with Crippen molar-refractivity contribution in [2.75, 3.05) is 7.11 Å². The van der Waals surface area contributed by atoms with Crippen molar-refractivity contribution in [1.82, 2.24) is 10.6 Å². The lowest BCUT2D eigenvalue weighted by Gasteiger charge is -2.22. The molecule has 2 aromatic carbocycles. The van der Waals surface area contributed by atoms with Crippen molar-refractivity contribution in [2.45, 2.75) is 31.8 Å². The summed E-state index contributed by atoms with van der Waals surface area (Å²) in [6, 6.07) is 8.54. The smallest absolute Gasteiger partial charge is 0.243 e. The standard InChI is InChI=1S/C21H23ClFN3O4/c1-12(27)25-18(10-13-3-6-15(23)7-4-13)21(29)26-17(20(24)28)11-14-5-8-19(30-2)16(22)9-14/h3-9,17-18H,10-11H2,1-2H3,(H2,24,28)(H,25,27)(H,26,29)/t17-,18+/m0/s1. The minimum atomic E-state index is -1.02. The van der Waals surface area contributed by atoms with Crippen LogP contribution in [0, 0.1) is 5.82 Å². The summed E-state index contributed by atoms with van der Waals surface area (Å²) in [4.78, 5) is 36.2. The molecule has 0 spiro atoms. The van der Waals surface area contributed by atoms with E-state index in [1.54, 1.807) is 18.2 Å². The maximum Gasteiger partial charge on any atom is 0.243 e. The molecule has 160 valence electrons. The maximum atomic E-state index is 13.1.